The summed E-state index contributed by atoms with van der Waals surface area (Å²) < 4.78 is 12.8. The highest BCUT2D eigenvalue weighted by Crippen LogP contribution is 2.10. The van der Waals surface area contributed by atoms with Gasteiger partial charge in [0.1, 0.15) is 5.82 Å². The summed E-state index contributed by atoms with van der Waals surface area (Å²) in [5.41, 5.74) is 1.72. The third kappa shape index (κ3) is 2.45. The molecule has 1 aromatic rings. The molecule has 12 heavy (non-hydrogen) atoms. The first kappa shape index (κ1) is 9.46. The van der Waals surface area contributed by atoms with Crippen LogP contribution in [0, 0.1) is 12.7 Å². The summed E-state index contributed by atoms with van der Waals surface area (Å²) in [5.74, 6) is -0.147. The van der Waals surface area contributed by atoms with E-state index >= 15 is 0 Å². The van der Waals surface area contributed by atoms with E-state index in [-0.39, 0.29) is 5.82 Å². The Kier molecular flexibility index (Phi) is 3.48. The average Bonchev–Trinajstić information content (AvgIpc) is 2.07. The molecule has 0 saturated heterocycles. The van der Waals surface area contributed by atoms with Gasteiger partial charge in [0.2, 0.25) is 0 Å². The van der Waals surface area contributed by atoms with Crippen LogP contribution in [0.25, 0.3) is 6.08 Å². The minimum Gasteiger partial charge on any atom is -0.207 e. The Morgan fingerprint density at radius 2 is 2.25 bits per heavy atom. The van der Waals surface area contributed by atoms with Crippen molar-refractivity contribution in [1.82, 2.24) is 0 Å². The second kappa shape index (κ2) is 4.41. The van der Waals surface area contributed by atoms with Gasteiger partial charge < -0.3 is 0 Å². The molecular weight excluding hydrogens is 219 g/mol. The first-order valence-electron chi connectivity index (χ1n) is 3.72. The highest BCUT2D eigenvalue weighted by molar-refractivity contribution is 9.09. The van der Waals surface area contributed by atoms with Gasteiger partial charge in [-0.3, -0.25) is 0 Å². The summed E-state index contributed by atoms with van der Waals surface area (Å²) in [4.78, 5) is 0. The predicted molar refractivity (Wildman–Crippen MR) is 54.0 cm³/mol. The standard InChI is InChI=1S/C10H10BrF/c1-8-7-9(3-2-6-11)4-5-10(8)12/h2-5,7H,6H2,1H3. The molecular formula is C10H10BrF. The number of rotatable bonds is 2. The number of benzene rings is 1. The van der Waals surface area contributed by atoms with Crippen molar-refractivity contribution in [3.05, 3.63) is 41.2 Å². The first-order chi connectivity index (χ1) is 5.74. The highest BCUT2D eigenvalue weighted by atomic mass is 79.9. The zero-order valence-corrected chi connectivity index (χ0v) is 8.44. The summed E-state index contributed by atoms with van der Waals surface area (Å²) in [7, 11) is 0. The van der Waals surface area contributed by atoms with Crippen LogP contribution in [-0.2, 0) is 0 Å². The zero-order chi connectivity index (χ0) is 8.97. The van der Waals surface area contributed by atoms with Crippen LogP contribution in [0.15, 0.2) is 24.3 Å². The summed E-state index contributed by atoms with van der Waals surface area (Å²) >= 11 is 3.28. The van der Waals surface area contributed by atoms with E-state index in [2.05, 4.69) is 15.9 Å². The van der Waals surface area contributed by atoms with Crippen LogP contribution in [0.5, 0.6) is 0 Å². The van der Waals surface area contributed by atoms with Crippen molar-refractivity contribution >= 4 is 22.0 Å². The van der Waals surface area contributed by atoms with Crippen LogP contribution in [0.2, 0.25) is 0 Å². The van der Waals surface area contributed by atoms with E-state index in [0.29, 0.717) is 5.56 Å². The van der Waals surface area contributed by atoms with Gasteiger partial charge in [0.15, 0.2) is 0 Å². The normalized spacial score (nSPS) is 10.9. The monoisotopic (exact) mass is 228 g/mol. The van der Waals surface area contributed by atoms with Crippen molar-refractivity contribution in [2.45, 2.75) is 6.92 Å². The number of hydrogen-bond acceptors (Lipinski definition) is 0. The molecule has 0 radical (unpaired) electrons. The van der Waals surface area contributed by atoms with E-state index in [1.54, 1.807) is 13.0 Å². The van der Waals surface area contributed by atoms with Gasteiger partial charge >= 0.3 is 0 Å². The fraction of sp³-hybridized carbons (Fsp3) is 0.200. The van der Waals surface area contributed by atoms with Gasteiger partial charge in [-0.2, -0.15) is 0 Å². The lowest BCUT2D eigenvalue weighted by atomic mass is 10.1. The van der Waals surface area contributed by atoms with Crippen molar-refractivity contribution in [1.29, 1.82) is 0 Å². The molecule has 0 aliphatic heterocycles. The Labute approximate surface area is 80.2 Å². The molecule has 0 saturated carbocycles. The highest BCUT2D eigenvalue weighted by Gasteiger charge is 1.95. The average molecular weight is 229 g/mol. The Morgan fingerprint density at radius 1 is 1.50 bits per heavy atom. The van der Waals surface area contributed by atoms with E-state index in [9.17, 15) is 4.39 Å². The SMILES string of the molecule is Cc1cc(C=CCBr)ccc1F. The van der Waals surface area contributed by atoms with E-state index in [0.717, 1.165) is 10.9 Å². The smallest absolute Gasteiger partial charge is 0.126 e. The Morgan fingerprint density at radius 3 is 2.83 bits per heavy atom. The number of halogens is 2. The molecule has 0 aliphatic carbocycles. The number of aryl methyl sites for hydroxylation is 1. The number of allylic oxidation sites excluding steroid dienone is 1. The molecule has 0 amide bonds. The van der Waals surface area contributed by atoms with Gasteiger partial charge in [-0.05, 0) is 30.2 Å². The fourth-order valence-corrected chi connectivity index (χ4v) is 1.14. The minimum absolute atomic E-state index is 0.147. The second-order valence-corrected chi connectivity index (χ2v) is 3.21. The predicted octanol–water partition coefficient (Wildman–Crippen LogP) is 3.54. The molecule has 0 nitrogen and oxygen atoms in total. The van der Waals surface area contributed by atoms with Crippen molar-refractivity contribution in [2.75, 3.05) is 5.33 Å². The van der Waals surface area contributed by atoms with Crippen molar-refractivity contribution in [3.8, 4) is 0 Å². The lowest BCUT2D eigenvalue weighted by molar-refractivity contribution is 0.618. The van der Waals surface area contributed by atoms with Gasteiger partial charge in [0.05, 0.1) is 0 Å². The van der Waals surface area contributed by atoms with Gasteiger partial charge in [-0.15, -0.1) is 0 Å². The van der Waals surface area contributed by atoms with Crippen LogP contribution in [0.3, 0.4) is 0 Å². The molecule has 0 fully saturated rings. The lowest BCUT2D eigenvalue weighted by Gasteiger charge is -1.97. The molecule has 0 bridgehead atoms. The molecule has 0 atom stereocenters. The van der Waals surface area contributed by atoms with Crippen molar-refractivity contribution < 1.29 is 4.39 Å². The first-order valence-corrected chi connectivity index (χ1v) is 4.85. The number of alkyl halides is 1. The van der Waals surface area contributed by atoms with Crippen molar-refractivity contribution in [2.24, 2.45) is 0 Å². The molecule has 64 valence electrons. The maximum absolute atomic E-state index is 12.8. The summed E-state index contributed by atoms with van der Waals surface area (Å²) in [6, 6.07) is 5.08. The molecule has 0 spiro atoms. The lowest BCUT2D eigenvalue weighted by Crippen LogP contribution is -1.82. The molecule has 0 heterocycles. The zero-order valence-electron chi connectivity index (χ0n) is 6.85. The van der Waals surface area contributed by atoms with Gasteiger partial charge in [-0.1, -0.05) is 34.1 Å². The Bertz CT molecular complexity index is 292. The molecule has 2 heteroatoms. The van der Waals surface area contributed by atoms with Crippen molar-refractivity contribution in [3.63, 3.8) is 0 Å². The van der Waals surface area contributed by atoms with E-state index in [1.807, 2.05) is 18.2 Å². The topological polar surface area (TPSA) is 0 Å². The molecule has 1 aromatic carbocycles. The van der Waals surface area contributed by atoms with Crippen LogP contribution < -0.4 is 0 Å². The van der Waals surface area contributed by atoms with E-state index in [1.165, 1.54) is 6.07 Å². The third-order valence-corrected chi connectivity index (χ3v) is 1.96. The maximum Gasteiger partial charge on any atom is 0.126 e. The second-order valence-electron chi connectivity index (χ2n) is 2.57. The third-order valence-electron chi connectivity index (χ3n) is 1.58. The van der Waals surface area contributed by atoms with Crippen LogP contribution in [0.1, 0.15) is 11.1 Å². The summed E-state index contributed by atoms with van der Waals surface area (Å²) in [6.07, 6.45) is 3.94. The van der Waals surface area contributed by atoms with E-state index in [4.69, 9.17) is 0 Å². The molecule has 0 aromatic heterocycles. The molecule has 0 N–H and O–H groups in total. The van der Waals surface area contributed by atoms with Crippen LogP contribution >= 0.6 is 15.9 Å². The van der Waals surface area contributed by atoms with E-state index < -0.39 is 0 Å². The quantitative estimate of drug-likeness (QED) is 0.680. The Hall–Kier alpha value is -0.630. The Balaban J connectivity index is 2.89. The number of hydrogen-bond donors (Lipinski definition) is 0. The van der Waals surface area contributed by atoms with Crippen LogP contribution in [-0.4, -0.2) is 5.33 Å². The van der Waals surface area contributed by atoms with Crippen LogP contribution in [0.4, 0.5) is 4.39 Å². The van der Waals surface area contributed by atoms with Gasteiger partial charge in [0, 0.05) is 5.33 Å². The minimum atomic E-state index is -0.147. The maximum atomic E-state index is 12.8. The molecule has 0 unspecified atom stereocenters. The fourth-order valence-electron chi connectivity index (χ4n) is 0.952. The summed E-state index contributed by atoms with van der Waals surface area (Å²) in [5, 5.41) is 0.823. The molecule has 1 rings (SSSR count). The summed E-state index contributed by atoms with van der Waals surface area (Å²) in [6.45, 7) is 1.76. The van der Waals surface area contributed by atoms with Gasteiger partial charge in [-0.25, -0.2) is 4.39 Å². The van der Waals surface area contributed by atoms with Gasteiger partial charge in [0.25, 0.3) is 0 Å². The molecule has 0 aliphatic rings. The largest absolute Gasteiger partial charge is 0.207 e.